The van der Waals surface area contributed by atoms with Crippen molar-refractivity contribution < 1.29 is 4.79 Å². The standard InChI is InChI=1S/C20H21N5OS/c1-13-3-4-14(20(26)23-16-5-6-16)7-19(13)15-9-22-25(12-15)18-8-17(24-27-2)10-21-11-18/h3-4,7-12,16,24H,5-6H2,1-2H3,(H,23,26). The van der Waals surface area contributed by atoms with Crippen LogP contribution in [0.5, 0.6) is 0 Å². The van der Waals surface area contributed by atoms with Crippen LogP contribution in [0, 0.1) is 6.92 Å². The van der Waals surface area contributed by atoms with Gasteiger partial charge in [-0.15, -0.1) is 0 Å². The van der Waals surface area contributed by atoms with Crippen LogP contribution in [-0.2, 0) is 0 Å². The molecule has 0 unspecified atom stereocenters. The second-order valence-electron chi connectivity index (χ2n) is 6.69. The van der Waals surface area contributed by atoms with E-state index in [9.17, 15) is 4.79 Å². The second kappa shape index (κ2) is 7.44. The van der Waals surface area contributed by atoms with Gasteiger partial charge < -0.3 is 10.0 Å². The molecule has 0 radical (unpaired) electrons. The van der Waals surface area contributed by atoms with Crippen molar-refractivity contribution in [2.75, 3.05) is 11.0 Å². The van der Waals surface area contributed by atoms with Crippen LogP contribution >= 0.6 is 11.9 Å². The highest BCUT2D eigenvalue weighted by atomic mass is 32.2. The third-order valence-corrected chi connectivity index (χ3v) is 4.95. The van der Waals surface area contributed by atoms with Gasteiger partial charge in [-0.2, -0.15) is 5.10 Å². The Bertz CT molecular complexity index is 980. The summed E-state index contributed by atoms with van der Waals surface area (Å²) in [5.74, 6) is -0.00816. The Balaban J connectivity index is 1.62. The van der Waals surface area contributed by atoms with E-state index in [-0.39, 0.29) is 5.91 Å². The van der Waals surface area contributed by atoms with Crippen molar-refractivity contribution in [3.8, 4) is 16.8 Å². The molecule has 1 aliphatic carbocycles. The van der Waals surface area contributed by atoms with Crippen molar-refractivity contribution in [3.63, 3.8) is 0 Å². The van der Waals surface area contributed by atoms with Crippen molar-refractivity contribution in [1.29, 1.82) is 0 Å². The number of amides is 1. The zero-order valence-corrected chi connectivity index (χ0v) is 16.1. The Kier molecular flexibility index (Phi) is 4.85. The first-order valence-electron chi connectivity index (χ1n) is 8.85. The van der Waals surface area contributed by atoms with Gasteiger partial charge in [0.2, 0.25) is 0 Å². The number of pyridine rings is 1. The normalized spacial score (nSPS) is 13.4. The highest BCUT2D eigenvalue weighted by Crippen LogP contribution is 2.26. The predicted octanol–water partition coefficient (Wildman–Crippen LogP) is 3.82. The van der Waals surface area contributed by atoms with E-state index in [0.29, 0.717) is 11.6 Å². The van der Waals surface area contributed by atoms with Crippen LogP contribution in [0.1, 0.15) is 28.8 Å². The number of carbonyl (C=O) groups is 1. The van der Waals surface area contributed by atoms with Crippen LogP contribution in [0.3, 0.4) is 0 Å². The lowest BCUT2D eigenvalue weighted by Gasteiger charge is -2.08. The van der Waals surface area contributed by atoms with E-state index in [1.807, 2.05) is 49.8 Å². The quantitative estimate of drug-likeness (QED) is 0.637. The number of hydrogen-bond donors (Lipinski definition) is 2. The fraction of sp³-hybridized carbons (Fsp3) is 0.250. The molecule has 6 nitrogen and oxygen atoms in total. The number of rotatable bonds is 6. The van der Waals surface area contributed by atoms with Crippen molar-refractivity contribution in [2.24, 2.45) is 0 Å². The summed E-state index contributed by atoms with van der Waals surface area (Å²) in [6, 6.07) is 8.15. The minimum absolute atomic E-state index is 0.00816. The van der Waals surface area contributed by atoms with Crippen molar-refractivity contribution in [2.45, 2.75) is 25.8 Å². The lowest BCUT2D eigenvalue weighted by Crippen LogP contribution is -2.25. The zero-order chi connectivity index (χ0) is 18.8. The van der Waals surface area contributed by atoms with Gasteiger partial charge in [0, 0.05) is 29.6 Å². The van der Waals surface area contributed by atoms with Gasteiger partial charge in [0.25, 0.3) is 5.91 Å². The molecule has 1 fully saturated rings. The summed E-state index contributed by atoms with van der Waals surface area (Å²) < 4.78 is 4.97. The summed E-state index contributed by atoms with van der Waals surface area (Å²) in [4.78, 5) is 16.6. The minimum atomic E-state index is -0.00816. The van der Waals surface area contributed by atoms with Crippen LogP contribution in [0.4, 0.5) is 5.69 Å². The van der Waals surface area contributed by atoms with Crippen LogP contribution in [-0.4, -0.2) is 33.0 Å². The first-order valence-corrected chi connectivity index (χ1v) is 10.1. The summed E-state index contributed by atoms with van der Waals surface area (Å²) in [7, 11) is 0. The van der Waals surface area contributed by atoms with Crippen LogP contribution < -0.4 is 10.0 Å². The molecule has 138 valence electrons. The van der Waals surface area contributed by atoms with E-state index in [1.54, 1.807) is 17.1 Å². The van der Waals surface area contributed by atoms with Crippen LogP contribution in [0.15, 0.2) is 49.1 Å². The van der Waals surface area contributed by atoms with Crippen molar-refractivity contribution in [3.05, 3.63) is 60.2 Å². The average molecular weight is 379 g/mol. The topological polar surface area (TPSA) is 71.8 Å². The third-order valence-electron chi connectivity index (χ3n) is 4.51. The molecule has 1 amide bonds. The number of nitrogens with zero attached hydrogens (tertiary/aromatic N) is 3. The Labute approximate surface area is 162 Å². The second-order valence-corrected chi connectivity index (χ2v) is 7.30. The highest BCUT2D eigenvalue weighted by molar-refractivity contribution is 7.99. The van der Waals surface area contributed by atoms with Gasteiger partial charge in [-0.3, -0.25) is 9.78 Å². The summed E-state index contributed by atoms with van der Waals surface area (Å²) in [5, 5.41) is 7.52. The van der Waals surface area contributed by atoms with Gasteiger partial charge in [-0.25, -0.2) is 4.68 Å². The number of carbonyl (C=O) groups excluding carboxylic acids is 1. The molecule has 7 heteroatoms. The molecule has 0 atom stereocenters. The fourth-order valence-corrected chi connectivity index (χ4v) is 3.25. The fourth-order valence-electron chi connectivity index (χ4n) is 2.90. The molecule has 3 aromatic rings. The number of aryl methyl sites for hydroxylation is 1. The number of aromatic nitrogens is 3. The van der Waals surface area contributed by atoms with Crippen molar-refractivity contribution >= 4 is 23.5 Å². The number of hydrogen-bond acceptors (Lipinski definition) is 5. The maximum Gasteiger partial charge on any atom is 0.251 e. The first-order chi connectivity index (χ1) is 13.1. The lowest BCUT2D eigenvalue weighted by atomic mass is 10.0. The Hall–Kier alpha value is -2.80. The van der Waals surface area contributed by atoms with E-state index >= 15 is 0 Å². The highest BCUT2D eigenvalue weighted by Gasteiger charge is 2.24. The Morgan fingerprint density at radius 2 is 2.07 bits per heavy atom. The van der Waals surface area contributed by atoms with Gasteiger partial charge in [0.1, 0.15) is 0 Å². The number of benzene rings is 1. The third kappa shape index (κ3) is 3.98. The smallest absolute Gasteiger partial charge is 0.251 e. The molecular weight excluding hydrogens is 358 g/mol. The molecule has 4 rings (SSSR count). The van der Waals surface area contributed by atoms with E-state index in [0.717, 1.165) is 40.9 Å². The molecule has 2 N–H and O–H groups in total. The molecular formula is C20H21N5OS. The molecule has 2 aromatic heterocycles. The van der Waals surface area contributed by atoms with Gasteiger partial charge in [-0.1, -0.05) is 18.0 Å². The maximum absolute atomic E-state index is 12.4. The average Bonchev–Trinajstić information content (AvgIpc) is 3.35. The van der Waals surface area contributed by atoms with Crippen molar-refractivity contribution in [1.82, 2.24) is 20.1 Å². The van der Waals surface area contributed by atoms with Gasteiger partial charge in [0.05, 0.1) is 30.0 Å². The molecule has 0 aliphatic heterocycles. The first kappa shape index (κ1) is 17.6. The summed E-state index contributed by atoms with van der Waals surface area (Å²) in [6.07, 6.45) is 11.5. The largest absolute Gasteiger partial charge is 0.349 e. The van der Waals surface area contributed by atoms with E-state index < -0.39 is 0 Å². The molecule has 0 spiro atoms. The molecule has 0 saturated heterocycles. The van der Waals surface area contributed by atoms with Gasteiger partial charge in [-0.05, 0) is 49.1 Å². The van der Waals surface area contributed by atoms with Gasteiger partial charge in [0.15, 0.2) is 0 Å². The maximum atomic E-state index is 12.4. The predicted molar refractivity (Wildman–Crippen MR) is 109 cm³/mol. The molecule has 2 heterocycles. The van der Waals surface area contributed by atoms with E-state index in [2.05, 4.69) is 20.1 Å². The zero-order valence-electron chi connectivity index (χ0n) is 15.3. The lowest BCUT2D eigenvalue weighted by molar-refractivity contribution is 0.0951. The van der Waals surface area contributed by atoms with E-state index in [1.165, 1.54) is 11.9 Å². The molecule has 0 bridgehead atoms. The van der Waals surface area contributed by atoms with E-state index in [4.69, 9.17) is 0 Å². The molecule has 27 heavy (non-hydrogen) atoms. The monoisotopic (exact) mass is 379 g/mol. The summed E-state index contributed by atoms with van der Waals surface area (Å²) in [6.45, 7) is 2.04. The summed E-state index contributed by atoms with van der Waals surface area (Å²) in [5.41, 5.74) is 5.57. The molecule has 1 aliphatic rings. The Morgan fingerprint density at radius 1 is 1.22 bits per heavy atom. The van der Waals surface area contributed by atoms with Crippen LogP contribution in [0.2, 0.25) is 0 Å². The Morgan fingerprint density at radius 3 is 2.85 bits per heavy atom. The molecule has 1 saturated carbocycles. The SMILES string of the molecule is CSNc1cncc(-n2cc(-c3cc(C(=O)NC4CC4)ccc3C)cn2)c1. The number of nitrogens with one attached hydrogen (secondary N) is 2. The summed E-state index contributed by atoms with van der Waals surface area (Å²) >= 11 is 1.52. The molecule has 1 aromatic carbocycles. The van der Waals surface area contributed by atoms with Crippen LogP contribution in [0.25, 0.3) is 16.8 Å². The minimum Gasteiger partial charge on any atom is -0.349 e. The van der Waals surface area contributed by atoms with Gasteiger partial charge >= 0.3 is 0 Å². The number of anilines is 1.